The number of hydrogen-bond donors (Lipinski definition) is 1. The van der Waals surface area contributed by atoms with E-state index >= 15 is 0 Å². The summed E-state index contributed by atoms with van der Waals surface area (Å²) in [5.74, 6) is 0. The van der Waals surface area contributed by atoms with Crippen molar-refractivity contribution in [2.45, 2.75) is 26.8 Å². The second-order valence-electron chi connectivity index (χ2n) is 5.69. The zero-order valence-electron chi connectivity index (χ0n) is 12.4. The lowest BCUT2D eigenvalue weighted by Crippen LogP contribution is -2.46. The Morgan fingerprint density at radius 1 is 1.05 bits per heavy atom. The highest BCUT2D eigenvalue weighted by Crippen LogP contribution is 2.14. The molecule has 1 aliphatic heterocycles. The van der Waals surface area contributed by atoms with E-state index in [0.717, 1.165) is 26.1 Å². The predicted octanol–water partition coefficient (Wildman–Crippen LogP) is 1.77. The van der Waals surface area contributed by atoms with Gasteiger partial charge in [0.2, 0.25) is 0 Å². The topological polar surface area (TPSA) is 32.5 Å². The third kappa shape index (κ3) is 4.30. The van der Waals surface area contributed by atoms with Crippen LogP contribution in [0, 0.1) is 13.8 Å². The van der Waals surface area contributed by atoms with Gasteiger partial charge in [0, 0.05) is 32.7 Å². The van der Waals surface area contributed by atoms with Gasteiger partial charge in [0.05, 0.1) is 0 Å². The molecule has 1 aromatic rings. The second kappa shape index (κ2) is 7.04. The van der Waals surface area contributed by atoms with Gasteiger partial charge in [-0.2, -0.15) is 0 Å². The van der Waals surface area contributed by atoms with E-state index in [-0.39, 0.29) is 0 Å². The van der Waals surface area contributed by atoms with Gasteiger partial charge in [0.1, 0.15) is 0 Å². The first kappa shape index (κ1) is 14.5. The van der Waals surface area contributed by atoms with Crippen LogP contribution in [0.2, 0.25) is 0 Å². The lowest BCUT2D eigenvalue weighted by atomic mass is 10.1. The molecule has 19 heavy (non-hydrogen) atoms. The number of rotatable bonds is 5. The Balaban J connectivity index is 1.82. The van der Waals surface area contributed by atoms with Crippen LogP contribution in [-0.2, 0) is 6.54 Å². The fraction of sp³-hybridized carbons (Fsp3) is 0.625. The van der Waals surface area contributed by atoms with Gasteiger partial charge in [-0.1, -0.05) is 23.8 Å². The van der Waals surface area contributed by atoms with E-state index in [1.807, 2.05) is 0 Å². The maximum atomic E-state index is 5.57. The molecule has 2 rings (SSSR count). The van der Waals surface area contributed by atoms with Crippen molar-refractivity contribution in [3.05, 3.63) is 34.9 Å². The van der Waals surface area contributed by atoms with Crippen molar-refractivity contribution in [1.29, 1.82) is 0 Å². The molecule has 0 bridgehead atoms. The van der Waals surface area contributed by atoms with E-state index in [2.05, 4.69) is 41.8 Å². The van der Waals surface area contributed by atoms with Crippen molar-refractivity contribution in [2.24, 2.45) is 5.73 Å². The minimum atomic E-state index is 0.808. The highest BCUT2D eigenvalue weighted by molar-refractivity contribution is 5.30. The molecule has 1 saturated heterocycles. The summed E-state index contributed by atoms with van der Waals surface area (Å²) in [6, 6.07) is 6.79. The van der Waals surface area contributed by atoms with Gasteiger partial charge in [0.25, 0.3) is 0 Å². The predicted molar refractivity (Wildman–Crippen MR) is 81.3 cm³/mol. The van der Waals surface area contributed by atoms with E-state index in [1.54, 1.807) is 0 Å². The first-order valence-corrected chi connectivity index (χ1v) is 7.40. The first-order chi connectivity index (χ1) is 9.19. The Hall–Kier alpha value is -0.900. The molecule has 106 valence electrons. The van der Waals surface area contributed by atoms with Crippen molar-refractivity contribution in [1.82, 2.24) is 9.80 Å². The quantitative estimate of drug-likeness (QED) is 0.877. The molecule has 1 fully saturated rings. The Bertz CT molecular complexity index is 395. The first-order valence-electron chi connectivity index (χ1n) is 7.40. The van der Waals surface area contributed by atoms with Crippen LogP contribution >= 0.6 is 0 Å². The molecule has 0 radical (unpaired) electrons. The maximum absolute atomic E-state index is 5.57. The van der Waals surface area contributed by atoms with Gasteiger partial charge >= 0.3 is 0 Å². The molecule has 1 heterocycles. The normalized spacial score (nSPS) is 17.8. The number of piperazine rings is 1. The van der Waals surface area contributed by atoms with Crippen molar-refractivity contribution in [3.63, 3.8) is 0 Å². The Labute approximate surface area is 117 Å². The van der Waals surface area contributed by atoms with Gasteiger partial charge in [-0.25, -0.2) is 0 Å². The van der Waals surface area contributed by atoms with Gasteiger partial charge < -0.3 is 10.6 Å². The average molecular weight is 261 g/mol. The molecule has 1 aromatic carbocycles. The molecule has 0 atom stereocenters. The van der Waals surface area contributed by atoms with Crippen LogP contribution in [-0.4, -0.2) is 49.1 Å². The number of nitrogens with two attached hydrogens (primary N) is 1. The van der Waals surface area contributed by atoms with Crippen LogP contribution in [0.5, 0.6) is 0 Å². The smallest absolute Gasteiger partial charge is 0.0237 e. The standard InChI is InChI=1S/C16H27N3/c1-14-4-5-16(15(2)12-14)13-19-10-8-18(9-11-19)7-3-6-17/h4-5,12H,3,6-11,13,17H2,1-2H3. The SMILES string of the molecule is Cc1ccc(CN2CCN(CCCN)CC2)c(C)c1. The molecular weight excluding hydrogens is 234 g/mol. The van der Waals surface area contributed by atoms with Crippen molar-refractivity contribution in [3.8, 4) is 0 Å². The third-order valence-corrected chi connectivity index (χ3v) is 4.04. The monoisotopic (exact) mass is 261 g/mol. The zero-order valence-corrected chi connectivity index (χ0v) is 12.4. The maximum Gasteiger partial charge on any atom is 0.0237 e. The van der Waals surface area contributed by atoms with Gasteiger partial charge in [0.15, 0.2) is 0 Å². The highest BCUT2D eigenvalue weighted by Gasteiger charge is 2.16. The fourth-order valence-corrected chi connectivity index (χ4v) is 2.75. The number of benzene rings is 1. The summed E-state index contributed by atoms with van der Waals surface area (Å²) in [6.07, 6.45) is 1.12. The largest absolute Gasteiger partial charge is 0.330 e. The summed E-state index contributed by atoms with van der Waals surface area (Å²) < 4.78 is 0. The van der Waals surface area contributed by atoms with E-state index in [9.17, 15) is 0 Å². The van der Waals surface area contributed by atoms with Crippen LogP contribution in [0.1, 0.15) is 23.1 Å². The molecule has 0 aromatic heterocycles. The summed E-state index contributed by atoms with van der Waals surface area (Å²) in [4.78, 5) is 5.10. The molecule has 3 nitrogen and oxygen atoms in total. The summed E-state index contributed by atoms with van der Waals surface area (Å²) in [7, 11) is 0. The molecular formula is C16H27N3. The Kier molecular flexibility index (Phi) is 5.37. The van der Waals surface area contributed by atoms with Crippen molar-refractivity contribution in [2.75, 3.05) is 39.3 Å². The van der Waals surface area contributed by atoms with Crippen LogP contribution < -0.4 is 5.73 Å². The summed E-state index contributed by atoms with van der Waals surface area (Å²) in [5.41, 5.74) is 9.82. The van der Waals surface area contributed by atoms with Crippen LogP contribution in [0.4, 0.5) is 0 Å². The molecule has 0 saturated carbocycles. The molecule has 2 N–H and O–H groups in total. The van der Waals surface area contributed by atoms with Gasteiger partial charge in [-0.05, 0) is 44.5 Å². The zero-order chi connectivity index (χ0) is 13.7. The number of nitrogens with zero attached hydrogens (tertiary/aromatic N) is 2. The highest BCUT2D eigenvalue weighted by atomic mass is 15.3. The van der Waals surface area contributed by atoms with Crippen LogP contribution in [0.15, 0.2) is 18.2 Å². The lowest BCUT2D eigenvalue weighted by molar-refractivity contribution is 0.126. The number of aryl methyl sites for hydroxylation is 2. The summed E-state index contributed by atoms with van der Waals surface area (Å²) in [5, 5.41) is 0. The van der Waals surface area contributed by atoms with E-state index in [4.69, 9.17) is 5.73 Å². The molecule has 3 heteroatoms. The Morgan fingerprint density at radius 3 is 2.37 bits per heavy atom. The summed E-state index contributed by atoms with van der Waals surface area (Å²) >= 11 is 0. The fourth-order valence-electron chi connectivity index (χ4n) is 2.75. The third-order valence-electron chi connectivity index (χ3n) is 4.04. The average Bonchev–Trinajstić information content (AvgIpc) is 2.41. The van der Waals surface area contributed by atoms with E-state index in [0.29, 0.717) is 0 Å². The van der Waals surface area contributed by atoms with Gasteiger partial charge in [-0.3, -0.25) is 4.90 Å². The van der Waals surface area contributed by atoms with E-state index < -0.39 is 0 Å². The molecule has 1 aliphatic rings. The molecule has 0 spiro atoms. The minimum Gasteiger partial charge on any atom is -0.330 e. The van der Waals surface area contributed by atoms with Gasteiger partial charge in [-0.15, -0.1) is 0 Å². The molecule has 0 amide bonds. The van der Waals surface area contributed by atoms with Crippen molar-refractivity contribution < 1.29 is 0 Å². The van der Waals surface area contributed by atoms with E-state index in [1.165, 1.54) is 42.9 Å². The molecule has 0 aliphatic carbocycles. The lowest BCUT2D eigenvalue weighted by Gasteiger charge is -2.35. The van der Waals surface area contributed by atoms with Crippen LogP contribution in [0.25, 0.3) is 0 Å². The van der Waals surface area contributed by atoms with Crippen LogP contribution in [0.3, 0.4) is 0 Å². The minimum absolute atomic E-state index is 0.808. The molecule has 0 unspecified atom stereocenters. The van der Waals surface area contributed by atoms with Crippen molar-refractivity contribution >= 4 is 0 Å². The second-order valence-corrected chi connectivity index (χ2v) is 5.69. The number of hydrogen-bond acceptors (Lipinski definition) is 3. The Morgan fingerprint density at radius 2 is 1.74 bits per heavy atom. The summed E-state index contributed by atoms with van der Waals surface area (Å²) in [6.45, 7) is 12.2.